The third kappa shape index (κ3) is 6.81. The fraction of sp³-hybridized carbons (Fsp3) is 0.600. The van der Waals surface area contributed by atoms with Crippen LogP contribution in [0.25, 0.3) is 0 Å². The van der Waals surface area contributed by atoms with Gasteiger partial charge in [-0.3, -0.25) is 0 Å². The number of ether oxygens (including phenoxy) is 1. The zero-order chi connectivity index (χ0) is 14.3. The van der Waals surface area contributed by atoms with Gasteiger partial charge in [0.25, 0.3) is 0 Å². The topological polar surface area (TPSA) is 24.5 Å². The highest BCUT2D eigenvalue weighted by molar-refractivity contribution is 6.30. The van der Waals surface area contributed by atoms with Crippen molar-refractivity contribution in [3.05, 3.63) is 28.8 Å². The van der Waals surface area contributed by atoms with E-state index in [4.69, 9.17) is 16.3 Å². The van der Waals surface area contributed by atoms with Crippen LogP contribution in [-0.4, -0.2) is 38.2 Å². The van der Waals surface area contributed by atoms with Crippen LogP contribution in [0.5, 0.6) is 5.75 Å². The molecule has 19 heavy (non-hydrogen) atoms. The second-order valence-corrected chi connectivity index (χ2v) is 5.73. The highest BCUT2D eigenvalue weighted by Gasteiger charge is 2.05. The molecule has 0 saturated heterocycles. The molecule has 4 heteroatoms. The minimum Gasteiger partial charge on any atom is -0.493 e. The maximum atomic E-state index is 6.05. The summed E-state index contributed by atoms with van der Waals surface area (Å²) < 4.78 is 5.85. The first kappa shape index (κ1) is 16.3. The quantitative estimate of drug-likeness (QED) is 0.742. The molecule has 1 N–H and O–H groups in total. The second-order valence-electron chi connectivity index (χ2n) is 5.29. The Hall–Kier alpha value is -0.770. The van der Waals surface area contributed by atoms with E-state index >= 15 is 0 Å². The third-order valence-electron chi connectivity index (χ3n) is 2.73. The lowest BCUT2D eigenvalue weighted by Crippen LogP contribution is -2.22. The van der Waals surface area contributed by atoms with Crippen molar-refractivity contribution in [2.24, 2.45) is 0 Å². The van der Waals surface area contributed by atoms with Crippen molar-refractivity contribution in [2.45, 2.75) is 32.9 Å². The number of rotatable bonds is 8. The number of hydrogen-bond acceptors (Lipinski definition) is 3. The maximum Gasteiger partial charge on any atom is 0.123 e. The summed E-state index contributed by atoms with van der Waals surface area (Å²) >= 11 is 6.05. The molecule has 0 saturated carbocycles. The molecule has 0 radical (unpaired) electrons. The highest BCUT2D eigenvalue weighted by Crippen LogP contribution is 2.23. The summed E-state index contributed by atoms with van der Waals surface area (Å²) in [5, 5.41) is 4.14. The molecule has 0 heterocycles. The molecule has 1 rings (SSSR count). The van der Waals surface area contributed by atoms with Gasteiger partial charge in [-0.1, -0.05) is 25.4 Å². The van der Waals surface area contributed by atoms with E-state index < -0.39 is 0 Å². The number of halogens is 1. The fourth-order valence-corrected chi connectivity index (χ4v) is 1.90. The molecular formula is C15H25ClN2O. The Bertz CT molecular complexity index is 380. The van der Waals surface area contributed by atoms with Crippen molar-refractivity contribution in [3.63, 3.8) is 0 Å². The van der Waals surface area contributed by atoms with E-state index in [1.807, 2.05) is 18.2 Å². The van der Waals surface area contributed by atoms with Gasteiger partial charge in [-0.2, -0.15) is 0 Å². The summed E-state index contributed by atoms with van der Waals surface area (Å²) in [5.74, 6) is 0.927. The van der Waals surface area contributed by atoms with Crippen LogP contribution in [-0.2, 0) is 6.54 Å². The Balaban J connectivity index is 2.55. The average molecular weight is 285 g/mol. The van der Waals surface area contributed by atoms with Crippen molar-refractivity contribution in [1.29, 1.82) is 0 Å². The number of nitrogens with zero attached hydrogens (tertiary/aromatic N) is 1. The molecule has 3 nitrogen and oxygen atoms in total. The summed E-state index contributed by atoms with van der Waals surface area (Å²) in [6, 6.07) is 6.25. The van der Waals surface area contributed by atoms with Crippen LogP contribution in [0.2, 0.25) is 5.02 Å². The first-order valence-corrected chi connectivity index (χ1v) is 7.16. The summed E-state index contributed by atoms with van der Waals surface area (Å²) in [6.45, 7) is 6.80. The molecule has 0 spiro atoms. The normalized spacial score (nSPS) is 11.3. The summed E-state index contributed by atoms with van der Waals surface area (Å²) in [5.41, 5.74) is 1.12. The molecule has 0 aromatic heterocycles. The molecule has 1 aromatic rings. The molecule has 108 valence electrons. The first-order chi connectivity index (χ1) is 8.99. The smallest absolute Gasteiger partial charge is 0.123 e. The molecule has 0 fully saturated rings. The van der Waals surface area contributed by atoms with Gasteiger partial charge in [0, 0.05) is 29.7 Å². The van der Waals surface area contributed by atoms with Crippen LogP contribution in [0.3, 0.4) is 0 Å². The predicted octanol–water partition coefficient (Wildman–Crippen LogP) is 3.17. The molecule has 0 atom stereocenters. The van der Waals surface area contributed by atoms with E-state index in [-0.39, 0.29) is 0 Å². The van der Waals surface area contributed by atoms with E-state index in [0.717, 1.165) is 42.5 Å². The van der Waals surface area contributed by atoms with E-state index in [9.17, 15) is 0 Å². The Labute approximate surface area is 121 Å². The van der Waals surface area contributed by atoms with Gasteiger partial charge in [-0.25, -0.2) is 0 Å². The molecule has 0 amide bonds. The number of benzene rings is 1. The molecule has 1 aromatic carbocycles. The monoisotopic (exact) mass is 284 g/mol. The van der Waals surface area contributed by atoms with Crippen molar-refractivity contribution in [3.8, 4) is 5.75 Å². The van der Waals surface area contributed by atoms with E-state index in [1.54, 1.807) is 0 Å². The van der Waals surface area contributed by atoms with Gasteiger partial charge in [0.1, 0.15) is 5.75 Å². The first-order valence-electron chi connectivity index (χ1n) is 6.78. The minimum atomic E-state index is 0.445. The highest BCUT2D eigenvalue weighted by atomic mass is 35.5. The molecule has 0 aliphatic carbocycles. The lowest BCUT2D eigenvalue weighted by Gasteiger charge is -2.15. The van der Waals surface area contributed by atoms with E-state index in [1.165, 1.54) is 0 Å². The van der Waals surface area contributed by atoms with E-state index in [2.05, 4.69) is 38.2 Å². The Morgan fingerprint density at radius 3 is 2.68 bits per heavy atom. The van der Waals surface area contributed by atoms with Gasteiger partial charge in [0.05, 0.1) is 6.61 Å². The minimum absolute atomic E-state index is 0.445. The van der Waals surface area contributed by atoms with Crippen LogP contribution in [0, 0.1) is 0 Å². The standard InChI is InChI=1S/C15H25ClN2O/c1-12(2)17-11-13-10-14(16)6-7-15(13)19-9-5-8-18(3)4/h6-7,10,12,17H,5,8-9,11H2,1-4H3. The summed E-state index contributed by atoms with van der Waals surface area (Å²) in [7, 11) is 4.14. The number of nitrogens with one attached hydrogen (secondary N) is 1. The zero-order valence-corrected chi connectivity index (χ0v) is 13.1. The fourth-order valence-electron chi connectivity index (χ4n) is 1.70. The van der Waals surface area contributed by atoms with Crippen LogP contribution >= 0.6 is 11.6 Å². The molecule has 0 unspecified atom stereocenters. The van der Waals surface area contributed by atoms with Crippen molar-refractivity contribution >= 4 is 11.6 Å². The van der Waals surface area contributed by atoms with Gasteiger partial charge in [0.15, 0.2) is 0 Å². The van der Waals surface area contributed by atoms with Crippen molar-refractivity contribution < 1.29 is 4.74 Å². The molecular weight excluding hydrogens is 260 g/mol. The third-order valence-corrected chi connectivity index (χ3v) is 2.97. The molecule has 0 bridgehead atoms. The maximum absolute atomic E-state index is 6.05. The second kappa shape index (κ2) is 8.41. The van der Waals surface area contributed by atoms with Gasteiger partial charge in [0.2, 0.25) is 0 Å². The Morgan fingerprint density at radius 2 is 2.05 bits per heavy atom. The summed E-state index contributed by atoms with van der Waals surface area (Å²) in [4.78, 5) is 2.16. The molecule has 0 aliphatic rings. The van der Waals surface area contributed by atoms with Gasteiger partial charge in [-0.15, -0.1) is 0 Å². The van der Waals surface area contributed by atoms with Crippen LogP contribution in [0.15, 0.2) is 18.2 Å². The van der Waals surface area contributed by atoms with Crippen LogP contribution in [0.4, 0.5) is 0 Å². The number of hydrogen-bond donors (Lipinski definition) is 1. The van der Waals surface area contributed by atoms with Gasteiger partial charge < -0.3 is 15.0 Å². The SMILES string of the molecule is CC(C)NCc1cc(Cl)ccc1OCCCN(C)C. The lowest BCUT2D eigenvalue weighted by atomic mass is 10.2. The van der Waals surface area contributed by atoms with Crippen LogP contribution < -0.4 is 10.1 Å². The largest absolute Gasteiger partial charge is 0.493 e. The Kier molecular flexibility index (Phi) is 7.21. The van der Waals surface area contributed by atoms with Crippen molar-refractivity contribution in [1.82, 2.24) is 10.2 Å². The Morgan fingerprint density at radius 1 is 1.32 bits per heavy atom. The lowest BCUT2D eigenvalue weighted by molar-refractivity contribution is 0.279. The zero-order valence-electron chi connectivity index (χ0n) is 12.4. The predicted molar refractivity (Wildman–Crippen MR) is 82.1 cm³/mol. The van der Waals surface area contributed by atoms with Crippen molar-refractivity contribution in [2.75, 3.05) is 27.2 Å². The summed E-state index contributed by atoms with van der Waals surface area (Å²) in [6.07, 6.45) is 1.02. The van der Waals surface area contributed by atoms with Gasteiger partial charge >= 0.3 is 0 Å². The van der Waals surface area contributed by atoms with Crippen LogP contribution in [0.1, 0.15) is 25.8 Å². The molecule has 0 aliphatic heterocycles. The van der Waals surface area contributed by atoms with E-state index in [0.29, 0.717) is 6.04 Å². The van der Waals surface area contributed by atoms with Gasteiger partial charge in [-0.05, 0) is 38.7 Å². The average Bonchev–Trinajstić information content (AvgIpc) is 2.33.